The highest BCUT2D eigenvalue weighted by Crippen LogP contribution is 2.54. The second-order valence-corrected chi connectivity index (χ2v) is 9.76. The molecule has 2 aliphatic carbocycles. The van der Waals surface area contributed by atoms with Crippen LogP contribution in [0.15, 0.2) is 89.0 Å². The molecule has 4 rings (SSSR count). The monoisotopic (exact) mass is 461 g/mol. The van der Waals surface area contributed by atoms with Crippen molar-refractivity contribution in [3.05, 3.63) is 84.7 Å². The van der Waals surface area contributed by atoms with Crippen molar-refractivity contribution < 1.29 is 4.74 Å². The molecule has 3 aliphatic rings. The van der Waals surface area contributed by atoms with Crippen LogP contribution in [0.2, 0.25) is 0 Å². The van der Waals surface area contributed by atoms with Gasteiger partial charge in [0.2, 0.25) is 0 Å². The Bertz CT molecular complexity index is 991. The Kier molecular flexibility index (Phi) is 7.74. The summed E-state index contributed by atoms with van der Waals surface area (Å²) >= 11 is 1.67. The molecule has 1 aromatic carbocycles. The predicted molar refractivity (Wildman–Crippen MR) is 141 cm³/mol. The molecule has 5 atom stereocenters. The van der Waals surface area contributed by atoms with Crippen LogP contribution >= 0.6 is 11.9 Å². The molecule has 2 N–H and O–H groups in total. The molecule has 1 aromatic rings. The number of fused-ring (bicyclic) bond motifs is 1. The van der Waals surface area contributed by atoms with Gasteiger partial charge in [-0.3, -0.25) is 9.71 Å². The fraction of sp³-hybridized carbons (Fsp3) is 0.393. The van der Waals surface area contributed by atoms with E-state index in [1.54, 1.807) is 19.1 Å². The molecule has 1 heterocycles. The first-order valence-electron chi connectivity index (χ1n) is 11.7. The maximum Gasteiger partial charge on any atom is 0.0966 e. The van der Waals surface area contributed by atoms with E-state index in [9.17, 15) is 0 Å². The Morgan fingerprint density at radius 3 is 2.67 bits per heavy atom. The molecule has 5 unspecified atom stereocenters. The number of allylic oxidation sites excluding steroid dienone is 4. The summed E-state index contributed by atoms with van der Waals surface area (Å²) in [5, 5.41) is 3.83. The minimum Gasteiger partial charge on any atom is -0.501 e. The van der Waals surface area contributed by atoms with Crippen molar-refractivity contribution >= 4 is 23.7 Å². The topological polar surface area (TPSA) is 45.6 Å². The molecule has 5 heteroatoms. The van der Waals surface area contributed by atoms with Crippen LogP contribution in [0.1, 0.15) is 24.8 Å². The number of piperidine rings is 1. The zero-order valence-electron chi connectivity index (χ0n) is 19.7. The minimum absolute atomic E-state index is 0.0727. The van der Waals surface area contributed by atoms with Crippen molar-refractivity contribution in [2.75, 3.05) is 20.7 Å². The first-order chi connectivity index (χ1) is 16.1. The van der Waals surface area contributed by atoms with Crippen LogP contribution in [0, 0.1) is 17.8 Å². The molecule has 174 valence electrons. The average Bonchev–Trinajstić information content (AvgIpc) is 3.60. The third-order valence-electron chi connectivity index (χ3n) is 7.24. The highest BCUT2D eigenvalue weighted by Gasteiger charge is 2.56. The van der Waals surface area contributed by atoms with Crippen molar-refractivity contribution in [3.63, 3.8) is 0 Å². The largest absolute Gasteiger partial charge is 0.501 e. The molecular formula is C28H35N3OS. The summed E-state index contributed by atoms with van der Waals surface area (Å²) in [7, 11) is 3.62. The van der Waals surface area contributed by atoms with Crippen LogP contribution in [0.25, 0.3) is 6.08 Å². The molecule has 4 nitrogen and oxygen atoms in total. The summed E-state index contributed by atoms with van der Waals surface area (Å²) in [5.41, 5.74) is 4.54. The third kappa shape index (κ3) is 4.96. The second-order valence-electron chi connectivity index (χ2n) is 8.85. The van der Waals surface area contributed by atoms with Gasteiger partial charge in [0, 0.05) is 35.7 Å². The van der Waals surface area contributed by atoms with Gasteiger partial charge in [-0.2, -0.15) is 0 Å². The van der Waals surface area contributed by atoms with Gasteiger partial charge in [-0.05, 0) is 78.4 Å². The van der Waals surface area contributed by atoms with E-state index in [2.05, 4.69) is 71.2 Å². The molecule has 33 heavy (non-hydrogen) atoms. The number of methoxy groups -OCH3 is 1. The molecule has 0 amide bonds. The van der Waals surface area contributed by atoms with E-state index in [4.69, 9.17) is 4.74 Å². The van der Waals surface area contributed by atoms with Crippen molar-refractivity contribution in [2.45, 2.75) is 36.2 Å². The first-order valence-corrected chi connectivity index (χ1v) is 12.5. The highest BCUT2D eigenvalue weighted by molar-refractivity contribution is 7.97. The summed E-state index contributed by atoms with van der Waals surface area (Å²) in [6.07, 6.45) is 11.2. The second kappa shape index (κ2) is 10.7. The molecule has 1 saturated carbocycles. The molecular weight excluding hydrogens is 426 g/mol. The SMILES string of the molecule is C=C/C(=C1/C=C(OC)CCC1=NC)C(NSc1ccc(C=C)cc1)C1NCCC2C(C=C)C21. The number of aliphatic imine (C=N–C) groups is 1. The van der Waals surface area contributed by atoms with Crippen molar-refractivity contribution in [2.24, 2.45) is 22.7 Å². The minimum atomic E-state index is 0.0727. The van der Waals surface area contributed by atoms with Crippen molar-refractivity contribution in [3.8, 4) is 0 Å². The number of rotatable bonds is 9. The van der Waals surface area contributed by atoms with Crippen molar-refractivity contribution in [1.82, 2.24) is 10.0 Å². The highest BCUT2D eigenvalue weighted by atomic mass is 32.2. The number of hydrogen-bond acceptors (Lipinski definition) is 5. The zero-order valence-corrected chi connectivity index (χ0v) is 20.5. The van der Waals surface area contributed by atoms with Crippen LogP contribution in [0.3, 0.4) is 0 Å². The fourth-order valence-corrected chi connectivity index (χ4v) is 6.23. The van der Waals surface area contributed by atoms with E-state index in [-0.39, 0.29) is 6.04 Å². The quantitative estimate of drug-likeness (QED) is 0.372. The Labute approximate surface area is 202 Å². The Morgan fingerprint density at radius 2 is 2.03 bits per heavy atom. The molecule has 1 aliphatic heterocycles. The first kappa shape index (κ1) is 23.8. The summed E-state index contributed by atoms with van der Waals surface area (Å²) in [4.78, 5) is 5.79. The third-order valence-corrected chi connectivity index (χ3v) is 8.12. The van der Waals surface area contributed by atoms with Gasteiger partial charge in [-0.1, -0.05) is 43.5 Å². The smallest absolute Gasteiger partial charge is 0.0966 e. The van der Waals surface area contributed by atoms with Gasteiger partial charge in [0.1, 0.15) is 0 Å². The number of nitrogens with zero attached hydrogens (tertiary/aromatic N) is 1. The van der Waals surface area contributed by atoms with E-state index in [0.29, 0.717) is 17.9 Å². The van der Waals surface area contributed by atoms with Gasteiger partial charge in [0.15, 0.2) is 0 Å². The van der Waals surface area contributed by atoms with Crippen LogP contribution in [-0.2, 0) is 4.74 Å². The van der Waals surface area contributed by atoms with E-state index in [0.717, 1.165) is 47.9 Å². The van der Waals surface area contributed by atoms with Gasteiger partial charge in [-0.15, -0.1) is 6.58 Å². The lowest BCUT2D eigenvalue weighted by molar-refractivity contribution is 0.277. The normalized spacial score (nSPS) is 30.0. The summed E-state index contributed by atoms with van der Waals surface area (Å²) in [6, 6.07) is 8.83. The molecule has 0 bridgehead atoms. The number of nitrogens with one attached hydrogen (secondary N) is 2. The lowest BCUT2D eigenvalue weighted by Gasteiger charge is -2.34. The zero-order chi connectivity index (χ0) is 23.4. The maximum atomic E-state index is 5.62. The van der Waals surface area contributed by atoms with Gasteiger partial charge in [0.25, 0.3) is 0 Å². The van der Waals surface area contributed by atoms with Crippen LogP contribution < -0.4 is 10.0 Å². The van der Waals surface area contributed by atoms with E-state index in [1.807, 2.05) is 19.2 Å². The average molecular weight is 462 g/mol. The Morgan fingerprint density at radius 1 is 1.24 bits per heavy atom. The lowest BCUT2D eigenvalue weighted by Crippen LogP contribution is -2.51. The van der Waals surface area contributed by atoms with Crippen LogP contribution in [0.4, 0.5) is 0 Å². The number of hydrogen-bond donors (Lipinski definition) is 2. The van der Waals surface area contributed by atoms with E-state index in [1.165, 1.54) is 16.9 Å². The summed E-state index contributed by atoms with van der Waals surface area (Å²) in [5.74, 6) is 2.89. The summed E-state index contributed by atoms with van der Waals surface area (Å²) < 4.78 is 9.43. The Balaban J connectivity index is 1.71. The molecule has 1 saturated heterocycles. The van der Waals surface area contributed by atoms with Gasteiger partial charge in [-0.25, -0.2) is 0 Å². The molecule has 2 fully saturated rings. The van der Waals surface area contributed by atoms with E-state index < -0.39 is 0 Å². The molecule has 0 aromatic heterocycles. The number of ether oxygens (including phenoxy) is 1. The molecule has 0 spiro atoms. The van der Waals surface area contributed by atoms with Gasteiger partial charge in [0.05, 0.1) is 18.9 Å². The Hall–Kier alpha value is -2.34. The standard InChI is InChI=1S/C28H35N3OS/c1-6-18-9-12-20(13-10-18)33-31-27(28-26-21(7-2)23(26)15-16-30-28)22(8-3)24-17-19(32-5)11-14-25(24)29-4/h6-10,12-13,17,21,23,26-28,30-31H,1-3,11,14-16H2,4-5H3/b24-22+,29-25?. The predicted octanol–water partition coefficient (Wildman–Crippen LogP) is 5.58. The van der Waals surface area contributed by atoms with Crippen LogP contribution in [0.5, 0.6) is 0 Å². The fourth-order valence-electron chi connectivity index (χ4n) is 5.42. The summed E-state index contributed by atoms with van der Waals surface area (Å²) in [6.45, 7) is 13.2. The maximum absolute atomic E-state index is 5.62. The van der Waals surface area contributed by atoms with Gasteiger partial charge < -0.3 is 10.1 Å². The lowest BCUT2D eigenvalue weighted by atomic mass is 9.85. The van der Waals surface area contributed by atoms with Crippen molar-refractivity contribution in [1.29, 1.82) is 0 Å². The van der Waals surface area contributed by atoms with E-state index >= 15 is 0 Å². The van der Waals surface area contributed by atoms with Crippen LogP contribution in [-0.4, -0.2) is 38.5 Å². The number of benzene rings is 1. The molecule has 0 radical (unpaired) electrons. The van der Waals surface area contributed by atoms with Gasteiger partial charge >= 0.3 is 0 Å².